The Morgan fingerprint density at radius 1 is 1.48 bits per heavy atom. The zero-order chi connectivity index (χ0) is 16.2. The van der Waals surface area contributed by atoms with Crippen molar-refractivity contribution in [1.82, 2.24) is 4.90 Å². The number of likely N-dealkylation sites (N-methyl/N-ethyl adjacent to an activating group) is 1. The fourth-order valence-electron chi connectivity index (χ4n) is 1.53. The Balaban J connectivity index is 3.10. The van der Waals surface area contributed by atoms with Gasteiger partial charge in [-0.1, -0.05) is 0 Å². The molecule has 0 aliphatic heterocycles. The Hall–Kier alpha value is -0.700. The molecule has 0 aromatic heterocycles. The van der Waals surface area contributed by atoms with Crippen LogP contribution in [0.1, 0.15) is 17.3 Å². The number of carbonyl (C=O) groups excluding carboxylic acids is 1. The molecule has 0 heterocycles. The number of nitrogens with zero attached hydrogens (tertiary/aromatic N) is 1. The van der Waals surface area contributed by atoms with Crippen LogP contribution in [0.3, 0.4) is 0 Å². The third-order valence-electron chi connectivity index (χ3n) is 2.64. The van der Waals surface area contributed by atoms with Crippen LogP contribution in [0.5, 0.6) is 0 Å². The minimum Gasteiger partial charge on any atom is -0.380 e. The Bertz CT molecular complexity index is 638. The van der Waals surface area contributed by atoms with Gasteiger partial charge in [-0.15, -0.1) is 0 Å². The molecule has 1 amide bonds. The zero-order valence-electron chi connectivity index (χ0n) is 11.4. The van der Waals surface area contributed by atoms with E-state index in [1.165, 1.54) is 11.9 Å². The second-order valence-corrected chi connectivity index (χ2v) is 7.51. The Morgan fingerprint density at radius 3 is 2.62 bits per heavy atom. The lowest BCUT2D eigenvalue weighted by atomic mass is 10.2. The third kappa shape index (κ3) is 4.91. The minimum absolute atomic E-state index is 0.0384. The highest BCUT2D eigenvalue weighted by Crippen LogP contribution is 2.28. The van der Waals surface area contributed by atoms with Gasteiger partial charge in [0.25, 0.3) is 15.0 Å². The largest absolute Gasteiger partial charge is 0.380 e. The summed E-state index contributed by atoms with van der Waals surface area (Å²) in [5.74, 6) is -1.49. The molecule has 0 N–H and O–H groups in total. The van der Waals surface area contributed by atoms with Gasteiger partial charge in [-0.3, -0.25) is 4.79 Å². The van der Waals surface area contributed by atoms with Crippen molar-refractivity contribution in [3.05, 3.63) is 28.0 Å². The highest BCUT2D eigenvalue weighted by molar-refractivity contribution is 9.10. The van der Waals surface area contributed by atoms with Gasteiger partial charge in [0.2, 0.25) is 0 Å². The van der Waals surface area contributed by atoms with E-state index < -0.39 is 20.8 Å². The van der Waals surface area contributed by atoms with Crippen LogP contribution < -0.4 is 0 Å². The van der Waals surface area contributed by atoms with Gasteiger partial charge < -0.3 is 9.64 Å². The van der Waals surface area contributed by atoms with Crippen molar-refractivity contribution in [2.75, 3.05) is 26.8 Å². The van der Waals surface area contributed by atoms with E-state index in [-0.39, 0.29) is 21.5 Å². The minimum atomic E-state index is -4.09. The Labute approximate surface area is 135 Å². The van der Waals surface area contributed by atoms with E-state index in [1.807, 2.05) is 6.92 Å². The topological polar surface area (TPSA) is 63.7 Å². The summed E-state index contributed by atoms with van der Waals surface area (Å²) >= 11 is 2.91. The summed E-state index contributed by atoms with van der Waals surface area (Å²) in [6.45, 7) is 2.87. The van der Waals surface area contributed by atoms with E-state index in [0.29, 0.717) is 13.2 Å². The van der Waals surface area contributed by atoms with E-state index in [9.17, 15) is 17.6 Å². The van der Waals surface area contributed by atoms with E-state index in [2.05, 4.69) is 15.9 Å². The van der Waals surface area contributed by atoms with Gasteiger partial charge in [-0.2, -0.15) is 0 Å². The van der Waals surface area contributed by atoms with Crippen LogP contribution in [0, 0.1) is 5.82 Å². The molecule has 9 heteroatoms. The SMILES string of the molecule is CCOCCN(C)C(=O)c1cc(S(=O)(=O)Cl)c(Br)cc1F. The predicted octanol–water partition coefficient (Wildman–Crippen LogP) is 2.62. The van der Waals surface area contributed by atoms with Gasteiger partial charge >= 0.3 is 0 Å². The second-order valence-electron chi connectivity index (χ2n) is 4.12. The van der Waals surface area contributed by atoms with Crippen molar-refractivity contribution in [2.24, 2.45) is 0 Å². The van der Waals surface area contributed by atoms with Crippen LogP contribution in [0.15, 0.2) is 21.5 Å². The molecule has 0 spiro atoms. The van der Waals surface area contributed by atoms with Crippen LogP contribution in [0.4, 0.5) is 4.39 Å². The van der Waals surface area contributed by atoms with Crippen LogP contribution in [-0.4, -0.2) is 46.0 Å². The quantitative estimate of drug-likeness (QED) is 0.542. The first kappa shape index (κ1) is 18.3. The number of ether oxygens (including phenoxy) is 1. The summed E-state index contributed by atoms with van der Waals surface area (Å²) in [5, 5.41) is 0. The molecule has 1 rings (SSSR count). The maximum atomic E-state index is 13.9. The van der Waals surface area contributed by atoms with Gasteiger partial charge in [-0.05, 0) is 35.0 Å². The molecule has 1 aromatic carbocycles. The van der Waals surface area contributed by atoms with Gasteiger partial charge in [0.05, 0.1) is 17.1 Å². The van der Waals surface area contributed by atoms with Gasteiger partial charge in [-0.25, -0.2) is 12.8 Å². The fourth-order valence-corrected chi connectivity index (χ4v) is 3.70. The molecule has 0 radical (unpaired) electrons. The second kappa shape index (κ2) is 7.53. The monoisotopic (exact) mass is 401 g/mol. The number of carbonyl (C=O) groups is 1. The van der Waals surface area contributed by atoms with E-state index in [1.54, 1.807) is 0 Å². The summed E-state index contributed by atoms with van der Waals surface area (Å²) in [5.41, 5.74) is -0.364. The molecule has 0 saturated heterocycles. The number of rotatable bonds is 6. The fraction of sp³-hybridized carbons (Fsp3) is 0.417. The molecular formula is C12H14BrClFNO4S. The lowest BCUT2D eigenvalue weighted by Gasteiger charge is -2.18. The summed E-state index contributed by atoms with van der Waals surface area (Å²) in [4.78, 5) is 13.0. The summed E-state index contributed by atoms with van der Waals surface area (Å²) in [6, 6.07) is 1.82. The average molecular weight is 403 g/mol. The van der Waals surface area contributed by atoms with Crippen molar-refractivity contribution in [3.63, 3.8) is 0 Å². The van der Waals surface area contributed by atoms with Crippen LogP contribution in [0.25, 0.3) is 0 Å². The van der Waals surface area contributed by atoms with Crippen molar-refractivity contribution < 1.29 is 22.3 Å². The summed E-state index contributed by atoms with van der Waals surface area (Å²) in [6.07, 6.45) is 0. The number of amides is 1. The van der Waals surface area contributed by atoms with Crippen molar-refractivity contribution >= 4 is 41.6 Å². The third-order valence-corrected chi connectivity index (χ3v) is 4.92. The number of hydrogen-bond acceptors (Lipinski definition) is 4. The molecule has 1 aromatic rings. The smallest absolute Gasteiger partial charge is 0.262 e. The maximum Gasteiger partial charge on any atom is 0.262 e. The van der Waals surface area contributed by atoms with Crippen molar-refractivity contribution in [2.45, 2.75) is 11.8 Å². The maximum absolute atomic E-state index is 13.9. The lowest BCUT2D eigenvalue weighted by Crippen LogP contribution is -2.31. The van der Waals surface area contributed by atoms with E-state index in [4.69, 9.17) is 15.4 Å². The summed E-state index contributed by atoms with van der Waals surface area (Å²) < 4.78 is 41.7. The van der Waals surface area contributed by atoms with Crippen molar-refractivity contribution in [1.29, 1.82) is 0 Å². The molecule has 0 aliphatic carbocycles. The van der Waals surface area contributed by atoms with Crippen LogP contribution in [0.2, 0.25) is 0 Å². The molecule has 0 atom stereocenters. The van der Waals surface area contributed by atoms with Gasteiger partial charge in [0.15, 0.2) is 0 Å². The number of benzene rings is 1. The first-order chi connectivity index (χ1) is 9.68. The molecule has 0 saturated carbocycles. The lowest BCUT2D eigenvalue weighted by molar-refractivity contribution is 0.0705. The first-order valence-corrected chi connectivity index (χ1v) is 9.05. The molecule has 5 nitrogen and oxygen atoms in total. The Morgan fingerprint density at radius 2 is 2.10 bits per heavy atom. The first-order valence-electron chi connectivity index (χ1n) is 5.95. The van der Waals surface area contributed by atoms with Crippen LogP contribution >= 0.6 is 26.6 Å². The summed E-state index contributed by atoms with van der Waals surface area (Å²) in [7, 11) is 2.63. The van der Waals surface area contributed by atoms with Gasteiger partial charge in [0, 0.05) is 35.4 Å². The number of halogens is 3. The molecule has 0 unspecified atom stereocenters. The van der Waals surface area contributed by atoms with E-state index in [0.717, 1.165) is 12.1 Å². The zero-order valence-corrected chi connectivity index (χ0v) is 14.6. The highest BCUT2D eigenvalue weighted by Gasteiger charge is 2.23. The normalized spacial score (nSPS) is 11.5. The molecule has 0 aliphatic rings. The molecule has 118 valence electrons. The average Bonchev–Trinajstić information content (AvgIpc) is 2.36. The van der Waals surface area contributed by atoms with Crippen molar-refractivity contribution in [3.8, 4) is 0 Å². The van der Waals surface area contributed by atoms with Gasteiger partial charge in [0.1, 0.15) is 5.82 Å². The molecule has 0 fully saturated rings. The highest BCUT2D eigenvalue weighted by atomic mass is 79.9. The number of hydrogen-bond donors (Lipinski definition) is 0. The molecular weight excluding hydrogens is 389 g/mol. The standard InChI is InChI=1S/C12H14BrClFNO4S/c1-3-20-5-4-16(2)12(17)8-6-11(21(14,18)19)9(13)7-10(8)15/h6-7H,3-5H2,1-2H3. The van der Waals surface area contributed by atoms with Crippen LogP contribution in [-0.2, 0) is 13.8 Å². The molecule has 0 bridgehead atoms. The molecule has 21 heavy (non-hydrogen) atoms. The van der Waals surface area contributed by atoms with E-state index >= 15 is 0 Å². The Kier molecular flexibility index (Phi) is 6.58. The predicted molar refractivity (Wildman–Crippen MR) is 80.6 cm³/mol.